The Hall–Kier alpha value is -2.08. The van der Waals surface area contributed by atoms with Crippen LogP contribution in [-0.4, -0.2) is 44.2 Å². The second kappa shape index (κ2) is 12.7. The van der Waals surface area contributed by atoms with Crippen molar-refractivity contribution in [2.75, 3.05) is 36.5 Å². The molecule has 1 atom stereocenters. The lowest BCUT2D eigenvalue weighted by atomic mass is 10.1. The monoisotopic (exact) mass is 429 g/mol. The molecule has 2 amide bonds. The van der Waals surface area contributed by atoms with Gasteiger partial charge in [0.25, 0.3) is 5.91 Å². The van der Waals surface area contributed by atoms with Gasteiger partial charge in [-0.3, -0.25) is 9.59 Å². The van der Waals surface area contributed by atoms with Crippen LogP contribution in [0.2, 0.25) is 0 Å². The molecule has 0 aliphatic carbocycles. The van der Waals surface area contributed by atoms with E-state index in [4.69, 9.17) is 4.74 Å². The highest BCUT2D eigenvalue weighted by Gasteiger charge is 2.22. The summed E-state index contributed by atoms with van der Waals surface area (Å²) in [5.41, 5.74) is 2.30. The number of carbonyl (C=O) groups excluding carboxylic acids is 2. The van der Waals surface area contributed by atoms with Crippen LogP contribution in [0.15, 0.2) is 18.2 Å². The van der Waals surface area contributed by atoms with Crippen molar-refractivity contribution in [3.05, 3.63) is 23.8 Å². The first-order chi connectivity index (χ1) is 15.2. The summed E-state index contributed by atoms with van der Waals surface area (Å²) >= 11 is 0. The zero-order valence-electron chi connectivity index (χ0n) is 19.1. The van der Waals surface area contributed by atoms with Crippen LogP contribution >= 0.6 is 0 Å². The van der Waals surface area contributed by atoms with Crippen LogP contribution in [-0.2, 0) is 9.53 Å². The van der Waals surface area contributed by atoms with Crippen molar-refractivity contribution in [2.24, 2.45) is 0 Å². The maximum Gasteiger partial charge on any atom is 0.253 e. The van der Waals surface area contributed by atoms with Gasteiger partial charge < -0.3 is 20.3 Å². The van der Waals surface area contributed by atoms with Crippen LogP contribution < -0.4 is 15.5 Å². The fourth-order valence-electron chi connectivity index (χ4n) is 4.43. The standard InChI is InChI=1S/C25H39N3O3/c1-2-3-4-5-7-12-24(29)27-20-13-14-23(28-15-8-6-9-16-28)22(18-20)25(30)26-19-21-11-10-17-31-21/h13-14,18,21H,2-12,15-17,19H2,1H3,(H,26,30)(H,27,29). The summed E-state index contributed by atoms with van der Waals surface area (Å²) in [4.78, 5) is 27.7. The average Bonchev–Trinajstić information content (AvgIpc) is 3.31. The summed E-state index contributed by atoms with van der Waals surface area (Å²) < 4.78 is 5.64. The SMILES string of the molecule is CCCCCCCC(=O)Nc1ccc(N2CCCCC2)c(C(=O)NCC2CCCO2)c1. The molecule has 1 aromatic carbocycles. The lowest BCUT2D eigenvalue weighted by Gasteiger charge is -2.30. The minimum absolute atomic E-state index is 0.0212. The van der Waals surface area contributed by atoms with E-state index in [2.05, 4.69) is 22.5 Å². The third kappa shape index (κ3) is 7.53. The number of amides is 2. The molecule has 2 heterocycles. The zero-order chi connectivity index (χ0) is 21.9. The van der Waals surface area contributed by atoms with Crippen molar-refractivity contribution in [1.82, 2.24) is 5.32 Å². The molecule has 6 heteroatoms. The van der Waals surface area contributed by atoms with E-state index in [-0.39, 0.29) is 17.9 Å². The molecule has 2 N–H and O–H groups in total. The zero-order valence-corrected chi connectivity index (χ0v) is 19.1. The minimum Gasteiger partial charge on any atom is -0.376 e. The van der Waals surface area contributed by atoms with Crippen LogP contribution in [0.4, 0.5) is 11.4 Å². The van der Waals surface area contributed by atoms with Gasteiger partial charge in [0, 0.05) is 44.0 Å². The van der Waals surface area contributed by atoms with E-state index in [1.165, 1.54) is 25.7 Å². The molecule has 0 radical (unpaired) electrons. The van der Waals surface area contributed by atoms with E-state index in [0.717, 1.165) is 63.9 Å². The van der Waals surface area contributed by atoms with E-state index in [1.807, 2.05) is 18.2 Å². The normalized spacial score (nSPS) is 18.7. The first-order valence-corrected chi connectivity index (χ1v) is 12.3. The Bertz CT molecular complexity index is 710. The summed E-state index contributed by atoms with van der Waals surface area (Å²) in [6.45, 7) is 5.44. The van der Waals surface area contributed by atoms with Gasteiger partial charge in [0.1, 0.15) is 0 Å². The Labute approximate surface area is 187 Å². The van der Waals surface area contributed by atoms with Gasteiger partial charge in [-0.1, -0.05) is 32.6 Å². The molecule has 31 heavy (non-hydrogen) atoms. The lowest BCUT2D eigenvalue weighted by molar-refractivity contribution is -0.116. The van der Waals surface area contributed by atoms with Crippen molar-refractivity contribution < 1.29 is 14.3 Å². The highest BCUT2D eigenvalue weighted by atomic mass is 16.5. The molecule has 2 aliphatic heterocycles. The number of nitrogens with one attached hydrogen (secondary N) is 2. The van der Waals surface area contributed by atoms with Crippen LogP contribution in [0.5, 0.6) is 0 Å². The van der Waals surface area contributed by atoms with Crippen molar-refractivity contribution in [3.63, 3.8) is 0 Å². The van der Waals surface area contributed by atoms with E-state index < -0.39 is 0 Å². The molecule has 3 rings (SSSR count). The first kappa shape index (κ1) is 23.6. The summed E-state index contributed by atoms with van der Waals surface area (Å²) in [6, 6.07) is 5.75. The molecule has 2 aliphatic rings. The fourth-order valence-corrected chi connectivity index (χ4v) is 4.43. The molecule has 172 valence electrons. The van der Waals surface area contributed by atoms with E-state index in [1.54, 1.807) is 0 Å². The number of hydrogen-bond acceptors (Lipinski definition) is 4. The van der Waals surface area contributed by atoms with Crippen LogP contribution in [0.3, 0.4) is 0 Å². The predicted molar refractivity (Wildman–Crippen MR) is 126 cm³/mol. The number of nitrogens with zero attached hydrogens (tertiary/aromatic N) is 1. The molecule has 0 aromatic heterocycles. The highest BCUT2D eigenvalue weighted by Crippen LogP contribution is 2.27. The Morgan fingerprint density at radius 2 is 1.87 bits per heavy atom. The van der Waals surface area contributed by atoms with Crippen LogP contribution in [0.25, 0.3) is 0 Å². The Kier molecular flexibility index (Phi) is 9.66. The van der Waals surface area contributed by atoms with E-state index in [0.29, 0.717) is 24.2 Å². The predicted octanol–water partition coefficient (Wildman–Crippen LogP) is 4.88. The van der Waals surface area contributed by atoms with Crippen molar-refractivity contribution >= 4 is 23.2 Å². The molecule has 2 fully saturated rings. The topological polar surface area (TPSA) is 70.7 Å². The van der Waals surface area contributed by atoms with Crippen LogP contribution in [0.1, 0.15) is 87.9 Å². The summed E-state index contributed by atoms with van der Waals surface area (Å²) in [7, 11) is 0. The van der Waals surface area contributed by atoms with Crippen LogP contribution in [0, 0.1) is 0 Å². The maximum absolute atomic E-state index is 13.1. The largest absolute Gasteiger partial charge is 0.376 e. The second-order valence-corrected chi connectivity index (χ2v) is 8.84. The van der Waals surface area contributed by atoms with E-state index >= 15 is 0 Å². The third-order valence-corrected chi connectivity index (χ3v) is 6.24. The minimum atomic E-state index is -0.0910. The van der Waals surface area contributed by atoms with E-state index in [9.17, 15) is 9.59 Å². The summed E-state index contributed by atoms with van der Waals surface area (Å²) in [5, 5.41) is 6.04. The molecular formula is C25H39N3O3. The molecule has 0 spiro atoms. The Balaban J connectivity index is 1.64. The molecule has 2 saturated heterocycles. The molecule has 6 nitrogen and oxygen atoms in total. The van der Waals surface area contributed by atoms with Gasteiger partial charge in [0.15, 0.2) is 0 Å². The smallest absolute Gasteiger partial charge is 0.253 e. The number of benzene rings is 1. The number of hydrogen-bond donors (Lipinski definition) is 2. The molecule has 1 aromatic rings. The fraction of sp³-hybridized carbons (Fsp3) is 0.680. The van der Waals surface area contributed by atoms with Gasteiger partial charge in [0.05, 0.1) is 11.7 Å². The van der Waals surface area contributed by atoms with Gasteiger partial charge in [-0.15, -0.1) is 0 Å². The van der Waals surface area contributed by atoms with Gasteiger partial charge in [-0.25, -0.2) is 0 Å². The number of ether oxygens (including phenoxy) is 1. The molecule has 1 unspecified atom stereocenters. The van der Waals surface area contributed by atoms with Crippen molar-refractivity contribution in [3.8, 4) is 0 Å². The average molecular weight is 430 g/mol. The lowest BCUT2D eigenvalue weighted by Crippen LogP contribution is -2.35. The van der Waals surface area contributed by atoms with Gasteiger partial charge >= 0.3 is 0 Å². The molecule has 0 saturated carbocycles. The van der Waals surface area contributed by atoms with Crippen molar-refractivity contribution in [2.45, 2.75) is 83.7 Å². The quantitative estimate of drug-likeness (QED) is 0.492. The molecular weight excluding hydrogens is 390 g/mol. The van der Waals surface area contributed by atoms with Crippen molar-refractivity contribution in [1.29, 1.82) is 0 Å². The highest BCUT2D eigenvalue weighted by molar-refractivity contribution is 6.02. The summed E-state index contributed by atoms with van der Waals surface area (Å²) in [5.74, 6) is -0.0697. The molecule has 0 bridgehead atoms. The first-order valence-electron chi connectivity index (χ1n) is 12.3. The Morgan fingerprint density at radius 1 is 1.06 bits per heavy atom. The van der Waals surface area contributed by atoms with Gasteiger partial charge in [0.2, 0.25) is 5.91 Å². The number of rotatable bonds is 11. The number of carbonyl (C=O) groups is 2. The number of unbranched alkanes of at least 4 members (excludes halogenated alkanes) is 4. The number of piperidine rings is 1. The summed E-state index contributed by atoms with van der Waals surface area (Å²) in [6.07, 6.45) is 11.8. The maximum atomic E-state index is 13.1. The second-order valence-electron chi connectivity index (χ2n) is 8.84. The number of anilines is 2. The van der Waals surface area contributed by atoms with Gasteiger partial charge in [-0.05, 0) is 56.7 Å². The van der Waals surface area contributed by atoms with Gasteiger partial charge in [-0.2, -0.15) is 0 Å². The third-order valence-electron chi connectivity index (χ3n) is 6.24. The Morgan fingerprint density at radius 3 is 2.61 bits per heavy atom.